The molecule has 2 nitrogen and oxygen atoms in total. The normalized spacial score (nSPS) is 26.3. The predicted molar refractivity (Wildman–Crippen MR) is 81.2 cm³/mol. The van der Waals surface area contributed by atoms with E-state index >= 15 is 0 Å². The summed E-state index contributed by atoms with van der Waals surface area (Å²) in [4.78, 5) is 1.73. The molecule has 23 heavy (non-hydrogen) atoms. The molecule has 0 aliphatic carbocycles. The van der Waals surface area contributed by atoms with Gasteiger partial charge in [-0.2, -0.15) is 13.2 Å². The summed E-state index contributed by atoms with van der Waals surface area (Å²) in [6.07, 6.45) is -3.22. The fourth-order valence-corrected chi connectivity index (χ4v) is 3.99. The Labute approximate surface area is 132 Å². The van der Waals surface area contributed by atoms with E-state index in [1.165, 1.54) is 6.07 Å². The number of benzene rings is 2. The molecule has 2 aliphatic heterocycles. The molecule has 4 rings (SSSR count). The van der Waals surface area contributed by atoms with E-state index in [1.54, 1.807) is 41.3 Å². The van der Waals surface area contributed by atoms with Crippen molar-refractivity contribution in [2.45, 2.75) is 30.7 Å². The molecule has 0 fully saturated rings. The van der Waals surface area contributed by atoms with Gasteiger partial charge in [-0.1, -0.05) is 48.5 Å². The molecule has 2 unspecified atom stereocenters. The van der Waals surface area contributed by atoms with Crippen molar-refractivity contribution in [2.24, 2.45) is 0 Å². The minimum absolute atomic E-state index is 0.0175. The first kappa shape index (κ1) is 14.6. The molecule has 0 bridgehead atoms. The summed E-state index contributed by atoms with van der Waals surface area (Å²) in [6, 6.07) is 12.2. The second-order valence-corrected chi connectivity index (χ2v) is 6.19. The van der Waals surface area contributed by atoms with Crippen molar-refractivity contribution in [2.75, 3.05) is 11.4 Å². The van der Waals surface area contributed by atoms with E-state index in [0.29, 0.717) is 17.8 Å². The van der Waals surface area contributed by atoms with Gasteiger partial charge in [-0.3, -0.25) is 0 Å². The Bertz CT molecular complexity index is 744. The minimum atomic E-state index is -4.75. The molecule has 0 aromatic heterocycles. The van der Waals surface area contributed by atoms with Crippen LogP contribution in [0.5, 0.6) is 0 Å². The molecule has 1 N–H and O–H groups in total. The number of aryl methyl sites for hydroxylation is 1. The van der Waals surface area contributed by atoms with Gasteiger partial charge in [-0.05, 0) is 24.0 Å². The van der Waals surface area contributed by atoms with E-state index in [4.69, 9.17) is 0 Å². The average Bonchev–Trinajstić information content (AvgIpc) is 2.81. The third-order valence-electron chi connectivity index (χ3n) is 4.92. The monoisotopic (exact) mass is 319 g/mol. The summed E-state index contributed by atoms with van der Waals surface area (Å²) in [5.41, 5.74) is -0.973. The maximum absolute atomic E-state index is 13.9. The Morgan fingerprint density at radius 1 is 1.04 bits per heavy atom. The van der Waals surface area contributed by atoms with Gasteiger partial charge in [0.1, 0.15) is 0 Å². The fraction of sp³-hybridized carbons (Fsp3) is 0.333. The quantitative estimate of drug-likeness (QED) is 0.860. The third-order valence-corrected chi connectivity index (χ3v) is 4.92. The largest absolute Gasteiger partial charge is 0.423 e. The Hall–Kier alpha value is -2.01. The fourth-order valence-electron chi connectivity index (χ4n) is 3.99. The van der Waals surface area contributed by atoms with E-state index in [9.17, 15) is 18.3 Å². The number of rotatable bonds is 1. The zero-order valence-electron chi connectivity index (χ0n) is 12.3. The van der Waals surface area contributed by atoms with Crippen LogP contribution in [-0.2, 0) is 12.0 Å². The van der Waals surface area contributed by atoms with Crippen molar-refractivity contribution >= 4 is 5.69 Å². The highest BCUT2D eigenvalue weighted by Crippen LogP contribution is 2.60. The Morgan fingerprint density at radius 2 is 1.78 bits per heavy atom. The Balaban J connectivity index is 2.00. The second kappa shape index (κ2) is 4.74. The zero-order chi connectivity index (χ0) is 16.2. The van der Waals surface area contributed by atoms with E-state index in [2.05, 4.69) is 0 Å². The summed E-state index contributed by atoms with van der Waals surface area (Å²) in [6.45, 7) is 0.516. The van der Waals surface area contributed by atoms with Crippen LogP contribution >= 0.6 is 0 Å². The van der Waals surface area contributed by atoms with Crippen LogP contribution in [0.25, 0.3) is 0 Å². The lowest BCUT2D eigenvalue weighted by atomic mass is 9.84. The van der Waals surface area contributed by atoms with Crippen LogP contribution in [0, 0.1) is 0 Å². The molecular formula is C18H16F3NO. The molecule has 0 saturated heterocycles. The van der Waals surface area contributed by atoms with Crippen molar-refractivity contribution in [3.63, 3.8) is 0 Å². The van der Waals surface area contributed by atoms with Crippen molar-refractivity contribution < 1.29 is 18.3 Å². The maximum atomic E-state index is 13.9. The molecule has 0 radical (unpaired) electrons. The topological polar surface area (TPSA) is 23.5 Å². The number of anilines is 1. The Kier molecular flexibility index (Phi) is 3.00. The highest BCUT2D eigenvalue weighted by Gasteiger charge is 2.66. The zero-order valence-corrected chi connectivity index (χ0v) is 12.3. The molecule has 0 spiro atoms. The molecular weight excluding hydrogens is 303 g/mol. The summed E-state index contributed by atoms with van der Waals surface area (Å²) in [5, 5.41) is 10.9. The average molecular weight is 319 g/mol. The lowest BCUT2D eigenvalue weighted by Crippen LogP contribution is -2.48. The van der Waals surface area contributed by atoms with Crippen LogP contribution in [0.4, 0.5) is 18.9 Å². The van der Waals surface area contributed by atoms with Crippen LogP contribution in [-0.4, -0.2) is 17.8 Å². The number of aliphatic hydroxyl groups is 1. The van der Waals surface area contributed by atoms with E-state index in [0.717, 1.165) is 18.4 Å². The lowest BCUT2D eigenvalue weighted by Gasteiger charge is -2.38. The summed E-state index contributed by atoms with van der Waals surface area (Å²) in [5.74, 6) is 0. The first-order valence-electron chi connectivity index (χ1n) is 7.67. The number of para-hydroxylation sites is 1. The van der Waals surface area contributed by atoms with Gasteiger partial charge in [0.2, 0.25) is 5.60 Å². The first-order chi connectivity index (χ1) is 10.9. The second-order valence-electron chi connectivity index (χ2n) is 6.19. The van der Waals surface area contributed by atoms with Crippen molar-refractivity contribution in [3.8, 4) is 0 Å². The van der Waals surface area contributed by atoms with Crippen LogP contribution < -0.4 is 4.90 Å². The molecule has 2 aromatic carbocycles. The molecule has 0 saturated carbocycles. The van der Waals surface area contributed by atoms with Gasteiger partial charge < -0.3 is 10.0 Å². The maximum Gasteiger partial charge on any atom is 0.423 e. The molecule has 120 valence electrons. The van der Waals surface area contributed by atoms with E-state index in [1.807, 2.05) is 6.07 Å². The number of nitrogens with zero attached hydrogens (tertiary/aromatic N) is 1. The van der Waals surface area contributed by atoms with Gasteiger partial charge in [0.25, 0.3) is 0 Å². The van der Waals surface area contributed by atoms with Gasteiger partial charge in [0.15, 0.2) is 0 Å². The number of hydrogen-bond donors (Lipinski definition) is 1. The van der Waals surface area contributed by atoms with Crippen molar-refractivity contribution in [1.29, 1.82) is 0 Å². The number of halogens is 3. The van der Waals surface area contributed by atoms with Crippen LogP contribution in [0.3, 0.4) is 0 Å². The smallest absolute Gasteiger partial charge is 0.374 e. The summed E-state index contributed by atoms with van der Waals surface area (Å²) in [7, 11) is 0. The summed E-state index contributed by atoms with van der Waals surface area (Å²) >= 11 is 0. The van der Waals surface area contributed by atoms with E-state index in [-0.39, 0.29) is 5.56 Å². The lowest BCUT2D eigenvalue weighted by molar-refractivity contribution is -0.272. The van der Waals surface area contributed by atoms with Crippen LogP contribution in [0.2, 0.25) is 0 Å². The number of hydrogen-bond acceptors (Lipinski definition) is 2. The van der Waals surface area contributed by atoms with Gasteiger partial charge in [-0.15, -0.1) is 0 Å². The van der Waals surface area contributed by atoms with Crippen molar-refractivity contribution in [1.82, 2.24) is 0 Å². The molecule has 5 heteroatoms. The third kappa shape index (κ3) is 1.86. The van der Waals surface area contributed by atoms with Gasteiger partial charge in [-0.25, -0.2) is 0 Å². The molecule has 0 amide bonds. The molecule has 2 aliphatic rings. The highest BCUT2D eigenvalue weighted by atomic mass is 19.4. The van der Waals surface area contributed by atoms with Gasteiger partial charge in [0.05, 0.1) is 6.04 Å². The van der Waals surface area contributed by atoms with Crippen LogP contribution in [0.15, 0.2) is 48.5 Å². The van der Waals surface area contributed by atoms with Crippen molar-refractivity contribution in [3.05, 3.63) is 65.2 Å². The number of alkyl halides is 3. The van der Waals surface area contributed by atoms with Gasteiger partial charge in [0, 0.05) is 17.8 Å². The molecule has 2 aromatic rings. The minimum Gasteiger partial charge on any atom is -0.374 e. The molecule has 2 heterocycles. The highest BCUT2D eigenvalue weighted by molar-refractivity contribution is 5.70. The van der Waals surface area contributed by atoms with E-state index < -0.39 is 17.8 Å². The predicted octanol–water partition coefficient (Wildman–Crippen LogP) is 3.94. The SMILES string of the molecule is OC1(C(F)(F)F)c2cccc3c2N(CCC3)C1c1ccccc1. The Morgan fingerprint density at radius 3 is 2.48 bits per heavy atom. The first-order valence-corrected chi connectivity index (χ1v) is 7.67. The molecule has 2 atom stereocenters. The van der Waals surface area contributed by atoms with Gasteiger partial charge >= 0.3 is 6.18 Å². The van der Waals surface area contributed by atoms with Crippen LogP contribution in [0.1, 0.15) is 29.2 Å². The summed E-state index contributed by atoms with van der Waals surface area (Å²) < 4.78 is 41.8. The standard InChI is InChI=1S/C18H16F3NO/c19-18(20,21)17(23)14-10-4-8-12-9-5-11-22(15(12)14)16(17)13-6-2-1-3-7-13/h1-4,6-8,10,16,23H,5,9,11H2.